The molecule has 0 amide bonds. The van der Waals surface area contributed by atoms with Crippen molar-refractivity contribution < 1.29 is 4.39 Å². The minimum Gasteiger partial charge on any atom is -0.314 e. The summed E-state index contributed by atoms with van der Waals surface area (Å²) >= 11 is 5.85. The lowest BCUT2D eigenvalue weighted by Crippen LogP contribution is -2.19. The van der Waals surface area contributed by atoms with E-state index in [0.29, 0.717) is 16.9 Å². The molecule has 2 aliphatic rings. The number of rotatable bonds is 4. The van der Waals surface area contributed by atoms with Crippen LogP contribution in [0.3, 0.4) is 0 Å². The molecule has 0 aromatic heterocycles. The van der Waals surface area contributed by atoms with Crippen molar-refractivity contribution in [2.24, 2.45) is 5.92 Å². The van der Waals surface area contributed by atoms with Gasteiger partial charge in [-0.1, -0.05) is 11.6 Å². The number of hydrogen-bond acceptors (Lipinski definition) is 1. The second-order valence-corrected chi connectivity index (χ2v) is 5.42. The zero-order chi connectivity index (χ0) is 11.1. The summed E-state index contributed by atoms with van der Waals surface area (Å²) in [4.78, 5) is 0. The highest BCUT2D eigenvalue weighted by Gasteiger charge is 2.39. The van der Waals surface area contributed by atoms with Gasteiger partial charge < -0.3 is 5.32 Å². The standard InChI is InChI=1S/C13H15ClFN/c14-10-3-8(4-11(15)6-10)13-5-9(13)7-16-12-1-2-12/h3-4,6,9,12-13,16H,1-2,5,7H2. The fourth-order valence-electron chi connectivity index (χ4n) is 2.28. The summed E-state index contributed by atoms with van der Waals surface area (Å²) in [5.74, 6) is 0.973. The van der Waals surface area contributed by atoms with Gasteiger partial charge in [0.15, 0.2) is 0 Å². The molecule has 1 aromatic rings. The van der Waals surface area contributed by atoms with Crippen molar-refractivity contribution in [1.29, 1.82) is 0 Å². The normalized spacial score (nSPS) is 28.1. The van der Waals surface area contributed by atoms with Crippen LogP contribution in [0.1, 0.15) is 30.7 Å². The zero-order valence-corrected chi connectivity index (χ0v) is 9.80. The van der Waals surface area contributed by atoms with Gasteiger partial charge in [-0.05, 0) is 61.4 Å². The average molecular weight is 240 g/mol. The highest BCUT2D eigenvalue weighted by Crippen LogP contribution is 2.47. The molecule has 0 aliphatic heterocycles. The molecule has 2 unspecified atom stereocenters. The molecule has 3 rings (SSSR count). The lowest BCUT2D eigenvalue weighted by Gasteiger charge is -2.03. The lowest BCUT2D eigenvalue weighted by atomic mass is 10.1. The Morgan fingerprint density at radius 2 is 2.12 bits per heavy atom. The van der Waals surface area contributed by atoms with Gasteiger partial charge in [-0.15, -0.1) is 0 Å². The maximum atomic E-state index is 13.2. The Hall–Kier alpha value is -0.600. The van der Waals surface area contributed by atoms with Crippen LogP contribution in [0, 0.1) is 11.7 Å². The van der Waals surface area contributed by atoms with Crippen molar-refractivity contribution in [1.82, 2.24) is 5.32 Å². The Bertz CT molecular complexity index is 383. The molecule has 0 heterocycles. The predicted molar refractivity (Wildman–Crippen MR) is 63.3 cm³/mol. The summed E-state index contributed by atoms with van der Waals surface area (Å²) < 4.78 is 13.2. The van der Waals surface area contributed by atoms with Crippen LogP contribution in [0.25, 0.3) is 0 Å². The molecule has 1 nitrogen and oxygen atoms in total. The van der Waals surface area contributed by atoms with Crippen LogP contribution in [0.2, 0.25) is 5.02 Å². The van der Waals surface area contributed by atoms with Gasteiger partial charge in [-0.25, -0.2) is 4.39 Å². The van der Waals surface area contributed by atoms with E-state index in [4.69, 9.17) is 11.6 Å². The first-order valence-electron chi connectivity index (χ1n) is 5.92. The summed E-state index contributed by atoms with van der Waals surface area (Å²) in [5, 5.41) is 4.03. The molecule has 1 aromatic carbocycles. The Kier molecular flexibility index (Phi) is 2.64. The molecule has 3 heteroatoms. The molecule has 86 valence electrons. The topological polar surface area (TPSA) is 12.0 Å². The van der Waals surface area contributed by atoms with Gasteiger partial charge in [-0.3, -0.25) is 0 Å². The second-order valence-electron chi connectivity index (χ2n) is 4.99. The molecule has 0 bridgehead atoms. The van der Waals surface area contributed by atoms with E-state index < -0.39 is 0 Å². The Morgan fingerprint density at radius 3 is 2.81 bits per heavy atom. The van der Waals surface area contributed by atoms with Crippen LogP contribution < -0.4 is 5.32 Å². The van der Waals surface area contributed by atoms with Gasteiger partial charge in [0.2, 0.25) is 0 Å². The number of halogens is 2. The Morgan fingerprint density at radius 1 is 1.31 bits per heavy atom. The molecule has 1 N–H and O–H groups in total. The average Bonchev–Trinajstić information content (AvgIpc) is 3.10. The molecule has 0 saturated heterocycles. The first-order valence-corrected chi connectivity index (χ1v) is 6.29. The van der Waals surface area contributed by atoms with Crippen LogP contribution in [0.5, 0.6) is 0 Å². The monoisotopic (exact) mass is 239 g/mol. The Labute approximate surface area is 100.0 Å². The molecular weight excluding hydrogens is 225 g/mol. The summed E-state index contributed by atoms with van der Waals surface area (Å²) in [6.45, 7) is 1.07. The van der Waals surface area contributed by atoms with Gasteiger partial charge in [0.25, 0.3) is 0 Å². The minimum absolute atomic E-state index is 0.219. The Balaban J connectivity index is 1.60. The van der Waals surface area contributed by atoms with E-state index >= 15 is 0 Å². The van der Waals surface area contributed by atoms with Crippen LogP contribution in [0.4, 0.5) is 4.39 Å². The largest absolute Gasteiger partial charge is 0.314 e. The zero-order valence-electron chi connectivity index (χ0n) is 9.05. The van der Waals surface area contributed by atoms with Gasteiger partial charge in [-0.2, -0.15) is 0 Å². The maximum Gasteiger partial charge on any atom is 0.124 e. The van der Waals surface area contributed by atoms with E-state index in [-0.39, 0.29) is 5.82 Å². The quantitative estimate of drug-likeness (QED) is 0.850. The van der Waals surface area contributed by atoms with Gasteiger partial charge in [0.05, 0.1) is 0 Å². The number of nitrogens with one attached hydrogen (secondary N) is 1. The van der Waals surface area contributed by atoms with E-state index in [0.717, 1.165) is 18.2 Å². The summed E-state index contributed by atoms with van der Waals surface area (Å²) in [7, 11) is 0. The minimum atomic E-state index is -0.219. The fourth-order valence-corrected chi connectivity index (χ4v) is 2.51. The van der Waals surface area contributed by atoms with Gasteiger partial charge >= 0.3 is 0 Å². The molecule has 2 saturated carbocycles. The van der Waals surface area contributed by atoms with Crippen LogP contribution >= 0.6 is 11.6 Å². The molecular formula is C13H15ClFN. The summed E-state index contributed by atoms with van der Waals surface area (Å²) in [5.41, 5.74) is 1.06. The molecule has 0 radical (unpaired) electrons. The first kappa shape index (κ1) is 10.5. The van der Waals surface area contributed by atoms with Crippen molar-refractivity contribution in [3.8, 4) is 0 Å². The molecule has 2 aliphatic carbocycles. The fraction of sp³-hybridized carbons (Fsp3) is 0.538. The van der Waals surface area contributed by atoms with Crippen LogP contribution in [-0.4, -0.2) is 12.6 Å². The summed E-state index contributed by atoms with van der Waals surface area (Å²) in [6.07, 6.45) is 3.81. The van der Waals surface area contributed by atoms with Crippen LogP contribution in [-0.2, 0) is 0 Å². The SMILES string of the molecule is Fc1cc(Cl)cc(C2CC2CNC2CC2)c1. The highest BCUT2D eigenvalue weighted by molar-refractivity contribution is 6.30. The van der Waals surface area contributed by atoms with Gasteiger partial charge in [0, 0.05) is 11.1 Å². The van der Waals surface area contributed by atoms with Crippen molar-refractivity contribution in [2.75, 3.05) is 6.54 Å². The third kappa shape index (κ3) is 2.38. The smallest absolute Gasteiger partial charge is 0.124 e. The van der Waals surface area contributed by atoms with E-state index in [1.165, 1.54) is 25.3 Å². The summed E-state index contributed by atoms with van der Waals surface area (Å²) in [6, 6.07) is 5.64. The molecule has 2 fully saturated rings. The van der Waals surface area contributed by atoms with Crippen molar-refractivity contribution in [3.05, 3.63) is 34.6 Å². The lowest BCUT2D eigenvalue weighted by molar-refractivity contribution is 0.615. The maximum absolute atomic E-state index is 13.2. The highest BCUT2D eigenvalue weighted by atomic mass is 35.5. The number of hydrogen-bond donors (Lipinski definition) is 1. The number of benzene rings is 1. The van der Waals surface area contributed by atoms with E-state index in [1.54, 1.807) is 6.07 Å². The van der Waals surface area contributed by atoms with E-state index in [1.807, 2.05) is 6.07 Å². The van der Waals surface area contributed by atoms with E-state index in [9.17, 15) is 4.39 Å². The van der Waals surface area contributed by atoms with Gasteiger partial charge in [0.1, 0.15) is 5.82 Å². The first-order chi connectivity index (χ1) is 7.72. The van der Waals surface area contributed by atoms with Crippen molar-refractivity contribution in [3.63, 3.8) is 0 Å². The van der Waals surface area contributed by atoms with Crippen molar-refractivity contribution in [2.45, 2.75) is 31.2 Å². The predicted octanol–water partition coefficient (Wildman–Crippen LogP) is 3.33. The van der Waals surface area contributed by atoms with Crippen LogP contribution in [0.15, 0.2) is 18.2 Å². The molecule has 16 heavy (non-hydrogen) atoms. The van der Waals surface area contributed by atoms with Crippen molar-refractivity contribution >= 4 is 11.6 Å². The third-order valence-electron chi connectivity index (χ3n) is 3.48. The second kappa shape index (κ2) is 4.01. The third-order valence-corrected chi connectivity index (χ3v) is 3.70. The molecule has 2 atom stereocenters. The molecule has 0 spiro atoms. The van der Waals surface area contributed by atoms with E-state index in [2.05, 4.69) is 5.32 Å².